The Kier molecular flexibility index (Phi) is 3.60. The highest BCUT2D eigenvalue weighted by Gasteiger charge is 2.12. The lowest BCUT2D eigenvalue weighted by molar-refractivity contribution is 0.781. The van der Waals surface area contributed by atoms with Gasteiger partial charge in [0.25, 0.3) is 0 Å². The summed E-state index contributed by atoms with van der Waals surface area (Å²) in [6.45, 7) is 4.07. The fourth-order valence-corrected chi connectivity index (χ4v) is 3.41. The smallest absolute Gasteiger partial charge is 0.177 e. The van der Waals surface area contributed by atoms with Gasteiger partial charge in [-0.05, 0) is 24.8 Å². The Morgan fingerprint density at radius 2 is 1.70 bits per heavy atom. The third-order valence-corrected chi connectivity index (χ3v) is 4.83. The van der Waals surface area contributed by atoms with Crippen molar-refractivity contribution in [3.05, 3.63) is 65.8 Å². The normalized spacial score (nSPS) is 11.8. The topological polar surface area (TPSA) is 73.3 Å². The highest BCUT2D eigenvalue weighted by atomic mass is 15.3. The van der Waals surface area contributed by atoms with E-state index in [0.29, 0.717) is 12.8 Å². The lowest BCUT2D eigenvalue weighted by Crippen LogP contribution is -2.00. The Morgan fingerprint density at radius 3 is 2.56 bits per heavy atom. The maximum absolute atomic E-state index is 4.74. The minimum atomic E-state index is 0.694. The molecule has 0 aliphatic rings. The Labute approximate surface area is 155 Å². The van der Waals surface area contributed by atoms with Crippen molar-refractivity contribution in [2.45, 2.75) is 33.1 Å². The molecule has 27 heavy (non-hydrogen) atoms. The van der Waals surface area contributed by atoms with Crippen molar-refractivity contribution in [1.82, 2.24) is 34.2 Å². The van der Waals surface area contributed by atoms with Gasteiger partial charge in [0.1, 0.15) is 0 Å². The molecule has 0 radical (unpaired) electrons. The number of rotatable bonds is 4. The summed E-state index contributed by atoms with van der Waals surface area (Å²) in [6.07, 6.45) is 6.03. The van der Waals surface area contributed by atoms with E-state index < -0.39 is 0 Å². The first-order valence-electron chi connectivity index (χ1n) is 9.16. The first kappa shape index (κ1) is 15.9. The van der Waals surface area contributed by atoms with Gasteiger partial charge in [-0.1, -0.05) is 31.2 Å². The average Bonchev–Trinajstić information content (AvgIpc) is 3.31. The molecule has 0 fully saturated rings. The molecule has 7 nitrogen and oxygen atoms in total. The molecule has 4 aromatic heterocycles. The molecule has 0 saturated carbocycles. The average molecular weight is 357 g/mol. The van der Waals surface area contributed by atoms with Crippen LogP contribution in [0.4, 0.5) is 0 Å². The van der Waals surface area contributed by atoms with Crippen molar-refractivity contribution in [3.63, 3.8) is 0 Å². The van der Waals surface area contributed by atoms with Gasteiger partial charge in [0.2, 0.25) is 0 Å². The largest absolute Gasteiger partial charge is 0.255 e. The van der Waals surface area contributed by atoms with Crippen LogP contribution in [0.2, 0.25) is 0 Å². The van der Waals surface area contributed by atoms with Crippen molar-refractivity contribution >= 4 is 22.1 Å². The van der Waals surface area contributed by atoms with E-state index in [1.807, 2.05) is 40.5 Å². The number of aromatic nitrogens is 7. The van der Waals surface area contributed by atoms with Crippen LogP contribution in [-0.4, -0.2) is 34.2 Å². The first-order chi connectivity index (χ1) is 13.2. The minimum Gasteiger partial charge on any atom is -0.255 e. The van der Waals surface area contributed by atoms with Crippen LogP contribution < -0.4 is 0 Å². The van der Waals surface area contributed by atoms with Crippen molar-refractivity contribution in [1.29, 1.82) is 0 Å². The molecule has 0 spiro atoms. The SMILES string of the molecule is CCc1ncc(C)n2nc(CCc3nc4c5ccccc5ccn4n3)nc12. The molecule has 1 aromatic carbocycles. The molecule has 5 aromatic rings. The first-order valence-corrected chi connectivity index (χ1v) is 9.16. The summed E-state index contributed by atoms with van der Waals surface area (Å²) in [4.78, 5) is 13.9. The number of hydrogen-bond acceptors (Lipinski definition) is 5. The molecule has 0 atom stereocenters. The second-order valence-corrected chi connectivity index (χ2v) is 6.66. The second-order valence-electron chi connectivity index (χ2n) is 6.66. The molecule has 7 heteroatoms. The number of benzene rings is 1. The summed E-state index contributed by atoms with van der Waals surface area (Å²) >= 11 is 0. The number of hydrogen-bond donors (Lipinski definition) is 0. The predicted octanol–water partition coefficient (Wildman–Crippen LogP) is 2.98. The van der Waals surface area contributed by atoms with E-state index in [1.54, 1.807) is 0 Å². The third kappa shape index (κ3) is 2.63. The molecule has 4 heterocycles. The van der Waals surface area contributed by atoms with Gasteiger partial charge in [-0.3, -0.25) is 4.98 Å². The lowest BCUT2D eigenvalue weighted by Gasteiger charge is -2.00. The van der Waals surface area contributed by atoms with Crippen molar-refractivity contribution in [2.75, 3.05) is 0 Å². The van der Waals surface area contributed by atoms with Crippen molar-refractivity contribution in [3.8, 4) is 0 Å². The molecule has 0 unspecified atom stereocenters. The van der Waals surface area contributed by atoms with Gasteiger partial charge >= 0.3 is 0 Å². The van der Waals surface area contributed by atoms with Crippen molar-refractivity contribution < 1.29 is 0 Å². The van der Waals surface area contributed by atoms with E-state index in [-0.39, 0.29) is 0 Å². The summed E-state index contributed by atoms with van der Waals surface area (Å²) in [5.74, 6) is 1.60. The molecule has 0 bridgehead atoms. The number of fused-ring (bicyclic) bond motifs is 4. The Bertz CT molecular complexity index is 1280. The fraction of sp³-hybridized carbons (Fsp3) is 0.250. The molecule has 0 saturated heterocycles. The number of aryl methyl sites for hydroxylation is 4. The van der Waals surface area contributed by atoms with Crippen LogP contribution in [0, 0.1) is 6.92 Å². The summed E-state index contributed by atoms with van der Waals surface area (Å²) in [7, 11) is 0. The fourth-order valence-electron chi connectivity index (χ4n) is 3.41. The van der Waals surface area contributed by atoms with Crippen LogP contribution >= 0.6 is 0 Å². The van der Waals surface area contributed by atoms with E-state index in [0.717, 1.165) is 46.1 Å². The third-order valence-electron chi connectivity index (χ3n) is 4.83. The zero-order chi connectivity index (χ0) is 18.4. The maximum atomic E-state index is 4.74. The highest BCUT2D eigenvalue weighted by molar-refractivity contribution is 5.93. The van der Waals surface area contributed by atoms with Gasteiger partial charge in [-0.25, -0.2) is 19.0 Å². The summed E-state index contributed by atoms with van der Waals surface area (Å²) in [5, 5.41) is 11.5. The molecular formula is C20H19N7. The van der Waals surface area contributed by atoms with Crippen LogP contribution in [0.1, 0.15) is 30.0 Å². The Morgan fingerprint density at radius 1 is 0.926 bits per heavy atom. The van der Waals surface area contributed by atoms with E-state index in [2.05, 4.69) is 40.3 Å². The van der Waals surface area contributed by atoms with Crippen LogP contribution in [0.25, 0.3) is 22.1 Å². The highest BCUT2D eigenvalue weighted by Crippen LogP contribution is 2.18. The quantitative estimate of drug-likeness (QED) is 0.494. The van der Waals surface area contributed by atoms with Gasteiger partial charge < -0.3 is 0 Å². The summed E-state index contributed by atoms with van der Waals surface area (Å²) in [6, 6.07) is 10.3. The van der Waals surface area contributed by atoms with E-state index in [9.17, 15) is 0 Å². The predicted molar refractivity (Wildman–Crippen MR) is 103 cm³/mol. The van der Waals surface area contributed by atoms with Crippen molar-refractivity contribution in [2.24, 2.45) is 0 Å². The van der Waals surface area contributed by atoms with Crippen LogP contribution in [0.3, 0.4) is 0 Å². The van der Waals surface area contributed by atoms with E-state index in [4.69, 9.17) is 9.97 Å². The minimum absolute atomic E-state index is 0.694. The maximum Gasteiger partial charge on any atom is 0.177 e. The van der Waals surface area contributed by atoms with Gasteiger partial charge in [-0.15, -0.1) is 0 Å². The molecular weight excluding hydrogens is 338 g/mol. The monoisotopic (exact) mass is 357 g/mol. The van der Waals surface area contributed by atoms with Gasteiger partial charge in [0.15, 0.2) is 22.9 Å². The van der Waals surface area contributed by atoms with Gasteiger partial charge in [-0.2, -0.15) is 10.2 Å². The second kappa shape index (κ2) is 6.12. The Hall–Kier alpha value is -3.35. The standard InChI is InChI=1S/C20H19N7/c1-3-16-20-23-18(25-27(20)13(2)12-21-16)9-8-17-22-19-15-7-5-4-6-14(15)10-11-26(19)24-17/h4-7,10-12H,3,8-9H2,1-2H3. The molecule has 0 amide bonds. The van der Waals surface area contributed by atoms with Crippen LogP contribution in [-0.2, 0) is 19.3 Å². The molecule has 5 rings (SSSR count). The Balaban J connectivity index is 1.47. The summed E-state index contributed by atoms with van der Waals surface area (Å²) in [5.41, 5.74) is 3.69. The van der Waals surface area contributed by atoms with Gasteiger partial charge in [0, 0.05) is 30.6 Å². The molecule has 0 aliphatic heterocycles. The zero-order valence-electron chi connectivity index (χ0n) is 15.3. The number of nitrogens with zero attached hydrogens (tertiary/aromatic N) is 7. The van der Waals surface area contributed by atoms with Gasteiger partial charge in [0.05, 0.1) is 11.4 Å². The molecule has 134 valence electrons. The van der Waals surface area contributed by atoms with Crippen LogP contribution in [0.15, 0.2) is 42.7 Å². The van der Waals surface area contributed by atoms with E-state index in [1.165, 1.54) is 5.39 Å². The summed E-state index contributed by atoms with van der Waals surface area (Å²) < 4.78 is 3.73. The molecule has 0 N–H and O–H groups in total. The van der Waals surface area contributed by atoms with Crippen LogP contribution in [0.5, 0.6) is 0 Å². The lowest BCUT2D eigenvalue weighted by atomic mass is 10.2. The van der Waals surface area contributed by atoms with E-state index >= 15 is 0 Å². The number of pyridine rings is 1. The molecule has 0 aliphatic carbocycles. The zero-order valence-corrected chi connectivity index (χ0v) is 15.3.